The highest BCUT2D eigenvalue weighted by Gasteiger charge is 2.28. The van der Waals surface area contributed by atoms with Crippen molar-refractivity contribution in [3.05, 3.63) is 0 Å². The Bertz CT molecular complexity index is 552. The largest absolute Gasteiger partial charge is 0.339 e. The van der Waals surface area contributed by atoms with Gasteiger partial charge in [-0.1, -0.05) is 50.3 Å². The Labute approximate surface area is 161 Å². The van der Waals surface area contributed by atoms with Gasteiger partial charge in [-0.05, 0) is 48.4 Å². The van der Waals surface area contributed by atoms with Crippen molar-refractivity contribution >= 4 is 17.7 Å². The molecule has 0 unspecified atom stereocenters. The molecule has 6 nitrogen and oxygen atoms in total. The SMILES string of the molecule is Cn1nnnc1SCCCC(=O)N(CC1CCCCC1)C1CCCCC1. The molecule has 2 fully saturated rings. The number of tetrazole rings is 1. The molecule has 2 saturated carbocycles. The number of aryl methyl sites for hydroxylation is 1. The summed E-state index contributed by atoms with van der Waals surface area (Å²) < 4.78 is 1.68. The molecule has 26 heavy (non-hydrogen) atoms. The lowest BCUT2D eigenvalue weighted by atomic mass is 9.87. The highest BCUT2D eigenvalue weighted by atomic mass is 32.2. The topological polar surface area (TPSA) is 63.9 Å². The first-order valence-electron chi connectivity index (χ1n) is 10.4. The summed E-state index contributed by atoms with van der Waals surface area (Å²) in [6.07, 6.45) is 14.6. The van der Waals surface area contributed by atoms with Crippen molar-refractivity contribution in [3.63, 3.8) is 0 Å². The van der Waals surface area contributed by atoms with Crippen LogP contribution in [0.5, 0.6) is 0 Å². The zero-order valence-corrected chi connectivity index (χ0v) is 16.9. The number of carbonyl (C=O) groups is 1. The van der Waals surface area contributed by atoms with Crippen molar-refractivity contribution in [2.75, 3.05) is 12.3 Å². The predicted molar refractivity (Wildman–Crippen MR) is 104 cm³/mol. The van der Waals surface area contributed by atoms with Gasteiger partial charge in [0.2, 0.25) is 11.1 Å². The number of aromatic nitrogens is 4. The fourth-order valence-corrected chi connectivity index (χ4v) is 5.16. The third-order valence-electron chi connectivity index (χ3n) is 5.86. The Morgan fingerprint density at radius 1 is 1.12 bits per heavy atom. The molecule has 0 N–H and O–H groups in total. The molecule has 1 aromatic heterocycles. The zero-order chi connectivity index (χ0) is 18.2. The van der Waals surface area contributed by atoms with Gasteiger partial charge in [-0.2, -0.15) is 0 Å². The third kappa shape index (κ3) is 5.69. The first-order chi connectivity index (χ1) is 12.7. The third-order valence-corrected chi connectivity index (χ3v) is 6.96. The zero-order valence-electron chi connectivity index (χ0n) is 16.1. The molecule has 0 atom stereocenters. The Hall–Kier alpha value is -1.11. The number of hydrogen-bond acceptors (Lipinski definition) is 5. The van der Waals surface area contributed by atoms with Gasteiger partial charge in [-0.15, -0.1) is 5.10 Å². The van der Waals surface area contributed by atoms with Gasteiger partial charge in [0.1, 0.15) is 0 Å². The van der Waals surface area contributed by atoms with Crippen LogP contribution in [0.1, 0.15) is 77.0 Å². The summed E-state index contributed by atoms with van der Waals surface area (Å²) in [4.78, 5) is 15.3. The average Bonchev–Trinajstić information content (AvgIpc) is 3.09. The monoisotopic (exact) mass is 379 g/mol. The molecule has 3 rings (SSSR count). The summed E-state index contributed by atoms with van der Waals surface area (Å²) in [6, 6.07) is 0.494. The van der Waals surface area contributed by atoms with Crippen LogP contribution in [0.2, 0.25) is 0 Å². The number of amides is 1. The van der Waals surface area contributed by atoms with Gasteiger partial charge in [0.25, 0.3) is 0 Å². The maximum atomic E-state index is 13.0. The van der Waals surface area contributed by atoms with Crippen molar-refractivity contribution in [1.29, 1.82) is 0 Å². The Morgan fingerprint density at radius 3 is 2.46 bits per heavy atom. The van der Waals surface area contributed by atoms with Crippen molar-refractivity contribution in [1.82, 2.24) is 25.1 Å². The van der Waals surface area contributed by atoms with Crippen LogP contribution in [0.15, 0.2) is 5.16 Å². The second-order valence-electron chi connectivity index (χ2n) is 7.88. The fraction of sp³-hybridized carbons (Fsp3) is 0.895. The summed E-state index contributed by atoms with van der Waals surface area (Å²) in [5.74, 6) is 2.00. The lowest BCUT2D eigenvalue weighted by Gasteiger charge is -2.38. The van der Waals surface area contributed by atoms with Gasteiger partial charge in [0.05, 0.1) is 0 Å². The summed E-state index contributed by atoms with van der Waals surface area (Å²) in [6.45, 7) is 1.00. The minimum Gasteiger partial charge on any atom is -0.339 e. The van der Waals surface area contributed by atoms with Gasteiger partial charge in [0.15, 0.2) is 0 Å². The summed E-state index contributed by atoms with van der Waals surface area (Å²) in [5.41, 5.74) is 0. The van der Waals surface area contributed by atoms with E-state index >= 15 is 0 Å². The van der Waals surface area contributed by atoms with E-state index in [-0.39, 0.29) is 0 Å². The molecule has 1 amide bonds. The summed E-state index contributed by atoms with van der Waals surface area (Å²) >= 11 is 1.63. The van der Waals surface area contributed by atoms with Crippen molar-refractivity contribution in [3.8, 4) is 0 Å². The van der Waals surface area contributed by atoms with Gasteiger partial charge in [-0.25, -0.2) is 4.68 Å². The Balaban J connectivity index is 1.49. The molecule has 7 heteroatoms. The molecular formula is C19H33N5OS. The highest BCUT2D eigenvalue weighted by Crippen LogP contribution is 2.29. The molecular weight excluding hydrogens is 346 g/mol. The second kappa shape index (κ2) is 10.3. The Kier molecular flexibility index (Phi) is 7.77. The standard InChI is InChI=1S/C19H33N5OS/c1-23-19(20-21-22-23)26-14-8-13-18(25)24(17-11-6-3-7-12-17)15-16-9-4-2-5-10-16/h16-17H,2-15H2,1H3. The molecule has 1 aromatic rings. The molecule has 0 aliphatic heterocycles. The van der Waals surface area contributed by atoms with E-state index in [4.69, 9.17) is 0 Å². The number of carbonyl (C=O) groups excluding carboxylic acids is 1. The van der Waals surface area contributed by atoms with E-state index in [0.29, 0.717) is 18.4 Å². The van der Waals surface area contributed by atoms with Crippen molar-refractivity contribution in [2.24, 2.45) is 13.0 Å². The number of thioether (sulfide) groups is 1. The van der Waals surface area contributed by atoms with Gasteiger partial charge in [-0.3, -0.25) is 4.79 Å². The molecule has 2 aliphatic rings. The van der Waals surface area contributed by atoms with Crippen LogP contribution in [0.4, 0.5) is 0 Å². The first kappa shape index (κ1) is 19.6. The predicted octanol–water partition coefficient (Wildman–Crippen LogP) is 3.82. The van der Waals surface area contributed by atoms with Crippen LogP contribution in [0, 0.1) is 5.92 Å². The van der Waals surface area contributed by atoms with E-state index in [9.17, 15) is 4.79 Å². The molecule has 1 heterocycles. The van der Waals surface area contributed by atoms with Crippen LogP contribution in [0.3, 0.4) is 0 Å². The van der Waals surface area contributed by atoms with Crippen LogP contribution in [0.25, 0.3) is 0 Å². The number of nitrogens with zero attached hydrogens (tertiary/aromatic N) is 5. The van der Waals surface area contributed by atoms with Gasteiger partial charge < -0.3 is 4.90 Å². The average molecular weight is 380 g/mol. The van der Waals surface area contributed by atoms with Crippen LogP contribution < -0.4 is 0 Å². The minimum atomic E-state index is 0.374. The van der Waals surface area contributed by atoms with Gasteiger partial charge in [0, 0.05) is 31.8 Å². The lowest BCUT2D eigenvalue weighted by Crippen LogP contribution is -2.44. The minimum absolute atomic E-state index is 0.374. The summed E-state index contributed by atoms with van der Waals surface area (Å²) in [5, 5.41) is 12.3. The van der Waals surface area contributed by atoms with Crippen LogP contribution in [-0.4, -0.2) is 49.4 Å². The maximum absolute atomic E-state index is 13.0. The van der Waals surface area contributed by atoms with Crippen LogP contribution >= 0.6 is 11.8 Å². The number of hydrogen-bond donors (Lipinski definition) is 0. The number of rotatable bonds is 8. The molecule has 0 saturated heterocycles. The van der Waals surface area contributed by atoms with Crippen molar-refractivity contribution < 1.29 is 4.79 Å². The van der Waals surface area contributed by atoms with Gasteiger partial charge >= 0.3 is 0 Å². The summed E-state index contributed by atoms with van der Waals surface area (Å²) in [7, 11) is 1.85. The Morgan fingerprint density at radius 2 is 1.81 bits per heavy atom. The van der Waals surface area contributed by atoms with E-state index in [1.807, 2.05) is 7.05 Å². The second-order valence-corrected chi connectivity index (χ2v) is 8.94. The smallest absolute Gasteiger partial charge is 0.222 e. The van der Waals surface area contributed by atoms with E-state index < -0.39 is 0 Å². The molecule has 2 aliphatic carbocycles. The lowest BCUT2D eigenvalue weighted by molar-refractivity contribution is -0.135. The van der Waals surface area contributed by atoms with E-state index in [2.05, 4.69) is 20.4 Å². The molecule has 0 radical (unpaired) electrons. The van der Waals surface area contributed by atoms with E-state index in [0.717, 1.165) is 29.8 Å². The fourth-order valence-electron chi connectivity index (χ4n) is 4.37. The molecule has 146 valence electrons. The van der Waals surface area contributed by atoms with Crippen LogP contribution in [-0.2, 0) is 11.8 Å². The van der Waals surface area contributed by atoms with E-state index in [1.54, 1.807) is 16.4 Å². The molecule has 0 aromatic carbocycles. The normalized spacial score (nSPS) is 19.6. The highest BCUT2D eigenvalue weighted by molar-refractivity contribution is 7.99. The molecule has 0 spiro atoms. The first-order valence-corrected chi connectivity index (χ1v) is 11.4. The van der Waals surface area contributed by atoms with E-state index in [1.165, 1.54) is 64.2 Å². The quantitative estimate of drug-likeness (QED) is 0.507. The van der Waals surface area contributed by atoms with Crippen molar-refractivity contribution in [2.45, 2.75) is 88.2 Å². The molecule has 0 bridgehead atoms. The maximum Gasteiger partial charge on any atom is 0.222 e.